The van der Waals surface area contributed by atoms with Gasteiger partial charge in [0.2, 0.25) is 5.78 Å². The maximum atomic E-state index is 13.7. The third-order valence-corrected chi connectivity index (χ3v) is 7.93. The van der Waals surface area contributed by atoms with Gasteiger partial charge < -0.3 is 50.6 Å². The SMILES string of the molecule is COc1cccc2c1C(=O)c1c(O)c3c(c(O)c1C2=O)C(O)C(O)(C(=O)CO)CC3OC1CC(N)C(O)C(C)O1. The maximum absolute atomic E-state index is 13.7. The molecular weight excluding hydrogens is 530 g/mol. The van der Waals surface area contributed by atoms with Crippen LogP contribution in [0.5, 0.6) is 17.2 Å². The Morgan fingerprint density at radius 3 is 2.38 bits per heavy atom. The van der Waals surface area contributed by atoms with E-state index in [1.54, 1.807) is 6.92 Å². The van der Waals surface area contributed by atoms with Gasteiger partial charge in [-0.2, -0.15) is 0 Å². The number of hydrogen-bond donors (Lipinski definition) is 7. The molecule has 8 N–H and O–H groups in total. The molecule has 5 rings (SSSR count). The predicted molar refractivity (Wildman–Crippen MR) is 133 cm³/mol. The first-order chi connectivity index (χ1) is 18.9. The van der Waals surface area contributed by atoms with Crippen molar-refractivity contribution >= 4 is 17.3 Å². The molecule has 2 aliphatic carbocycles. The van der Waals surface area contributed by atoms with Gasteiger partial charge in [-0.15, -0.1) is 0 Å². The van der Waals surface area contributed by atoms with E-state index < -0.39 is 101 Å². The number of nitrogens with two attached hydrogens (primary N) is 1. The fraction of sp³-hybridized carbons (Fsp3) is 0.444. The lowest BCUT2D eigenvalue weighted by molar-refractivity contribution is -0.251. The monoisotopic (exact) mass is 559 g/mol. The molecule has 2 aromatic carbocycles. The molecule has 3 aliphatic rings. The lowest BCUT2D eigenvalue weighted by atomic mass is 9.70. The van der Waals surface area contributed by atoms with E-state index in [1.165, 1.54) is 25.3 Å². The molecule has 0 radical (unpaired) electrons. The van der Waals surface area contributed by atoms with Crippen molar-refractivity contribution in [2.24, 2.45) is 5.73 Å². The molecule has 1 heterocycles. The Kier molecular flexibility index (Phi) is 6.95. The summed E-state index contributed by atoms with van der Waals surface area (Å²) in [7, 11) is 1.29. The van der Waals surface area contributed by atoms with Crippen molar-refractivity contribution in [2.45, 2.75) is 62.1 Å². The number of ether oxygens (including phenoxy) is 3. The van der Waals surface area contributed by atoms with Gasteiger partial charge in [0.25, 0.3) is 0 Å². The van der Waals surface area contributed by atoms with Crippen molar-refractivity contribution in [3.8, 4) is 17.2 Å². The molecular formula is C27H29NO12. The van der Waals surface area contributed by atoms with Gasteiger partial charge in [-0.25, -0.2) is 0 Å². The molecule has 13 nitrogen and oxygen atoms in total. The molecule has 2 aromatic rings. The Hall–Kier alpha value is -3.43. The highest BCUT2D eigenvalue weighted by Crippen LogP contribution is 2.55. The smallest absolute Gasteiger partial charge is 0.202 e. The molecule has 40 heavy (non-hydrogen) atoms. The summed E-state index contributed by atoms with van der Waals surface area (Å²) in [6.07, 6.45) is -7.48. The van der Waals surface area contributed by atoms with E-state index in [0.29, 0.717) is 0 Å². The van der Waals surface area contributed by atoms with Gasteiger partial charge in [-0.05, 0) is 13.0 Å². The number of ketones is 3. The minimum absolute atomic E-state index is 0.0472. The van der Waals surface area contributed by atoms with Gasteiger partial charge in [0.1, 0.15) is 30.0 Å². The number of methoxy groups -OCH3 is 1. The normalized spacial score (nSPS) is 31.3. The van der Waals surface area contributed by atoms with Crippen LogP contribution in [0, 0.1) is 0 Å². The van der Waals surface area contributed by atoms with E-state index in [4.69, 9.17) is 19.9 Å². The van der Waals surface area contributed by atoms with E-state index >= 15 is 0 Å². The lowest BCUT2D eigenvalue weighted by Gasteiger charge is -2.44. The number of carbonyl (C=O) groups excluding carboxylic acids is 3. The van der Waals surface area contributed by atoms with E-state index in [0.717, 1.165) is 0 Å². The van der Waals surface area contributed by atoms with Gasteiger partial charge >= 0.3 is 0 Å². The second-order valence-electron chi connectivity index (χ2n) is 10.2. The second-order valence-corrected chi connectivity index (χ2v) is 10.2. The molecule has 0 saturated carbocycles. The van der Waals surface area contributed by atoms with Crippen molar-refractivity contribution in [3.05, 3.63) is 51.6 Å². The zero-order valence-corrected chi connectivity index (χ0v) is 21.5. The molecule has 7 unspecified atom stereocenters. The third-order valence-electron chi connectivity index (χ3n) is 7.93. The van der Waals surface area contributed by atoms with Crippen LogP contribution < -0.4 is 10.5 Å². The summed E-state index contributed by atoms with van der Waals surface area (Å²) in [5.74, 6) is -4.69. The van der Waals surface area contributed by atoms with E-state index in [-0.39, 0.29) is 28.9 Å². The molecule has 1 saturated heterocycles. The first-order valence-electron chi connectivity index (χ1n) is 12.5. The summed E-state index contributed by atoms with van der Waals surface area (Å²) in [5.41, 5.74) is 0.753. The largest absolute Gasteiger partial charge is 0.507 e. The van der Waals surface area contributed by atoms with Gasteiger partial charge in [-0.3, -0.25) is 14.4 Å². The number of hydrogen-bond acceptors (Lipinski definition) is 13. The van der Waals surface area contributed by atoms with Crippen LogP contribution in [0.3, 0.4) is 0 Å². The summed E-state index contributed by atoms with van der Waals surface area (Å²) in [6, 6.07) is 3.44. The van der Waals surface area contributed by atoms with Crippen molar-refractivity contribution in [1.29, 1.82) is 0 Å². The average molecular weight is 560 g/mol. The Bertz CT molecular complexity index is 1410. The van der Waals surface area contributed by atoms with Gasteiger partial charge in [0.05, 0.1) is 42.1 Å². The first kappa shape index (κ1) is 28.1. The minimum Gasteiger partial charge on any atom is -0.507 e. The number of rotatable bonds is 5. The molecule has 0 bridgehead atoms. The van der Waals surface area contributed by atoms with Gasteiger partial charge in [0, 0.05) is 35.6 Å². The summed E-state index contributed by atoms with van der Waals surface area (Å²) >= 11 is 0. The number of aliphatic hydroxyl groups is 4. The number of phenols is 2. The zero-order valence-electron chi connectivity index (χ0n) is 21.5. The summed E-state index contributed by atoms with van der Waals surface area (Å²) in [5, 5.41) is 64.9. The molecule has 0 amide bonds. The number of fused-ring (bicyclic) bond motifs is 3. The number of aliphatic hydroxyl groups excluding tert-OH is 3. The van der Waals surface area contributed by atoms with Crippen molar-refractivity contribution < 1.29 is 59.2 Å². The number of carbonyl (C=O) groups is 3. The Morgan fingerprint density at radius 1 is 1.10 bits per heavy atom. The van der Waals surface area contributed by atoms with Crippen LogP contribution in [-0.4, -0.2) is 91.8 Å². The van der Waals surface area contributed by atoms with Crippen LogP contribution in [0.1, 0.15) is 74.9 Å². The maximum Gasteiger partial charge on any atom is 0.202 e. The van der Waals surface area contributed by atoms with Crippen LogP contribution in [-0.2, 0) is 14.3 Å². The van der Waals surface area contributed by atoms with Crippen LogP contribution >= 0.6 is 0 Å². The number of Topliss-reactive ketones (excluding diaryl/α,β-unsaturated/α-hetero) is 1. The van der Waals surface area contributed by atoms with Gasteiger partial charge in [-0.1, -0.05) is 12.1 Å². The fourth-order valence-electron chi connectivity index (χ4n) is 5.80. The Morgan fingerprint density at radius 2 is 1.75 bits per heavy atom. The van der Waals surface area contributed by atoms with E-state index in [2.05, 4.69) is 0 Å². The van der Waals surface area contributed by atoms with Crippen molar-refractivity contribution in [1.82, 2.24) is 0 Å². The standard InChI is InChI=1S/C27H29NO12/c1-9-21(31)11(28)6-15(39-9)40-13-7-27(37,14(30)8-29)26(36)20-17(13)24(34)19-18(25(20)35)22(32)10-4-3-5-12(38-2)16(10)23(19)33/h3-5,9,11,13,15,21,26,29,31,34-37H,6-8,28H2,1-2H3. The Balaban J connectivity index is 1.72. The van der Waals surface area contributed by atoms with Crippen LogP contribution in [0.15, 0.2) is 18.2 Å². The molecule has 13 heteroatoms. The van der Waals surface area contributed by atoms with Gasteiger partial charge in [0.15, 0.2) is 23.5 Å². The summed E-state index contributed by atoms with van der Waals surface area (Å²) in [4.78, 5) is 39.8. The third kappa shape index (κ3) is 3.93. The highest BCUT2D eigenvalue weighted by Gasteiger charge is 2.55. The zero-order chi connectivity index (χ0) is 29.3. The van der Waals surface area contributed by atoms with Crippen LogP contribution in [0.4, 0.5) is 0 Å². The average Bonchev–Trinajstić information content (AvgIpc) is 2.93. The topological polar surface area (TPSA) is 226 Å². The van der Waals surface area contributed by atoms with Crippen molar-refractivity contribution in [3.63, 3.8) is 0 Å². The summed E-state index contributed by atoms with van der Waals surface area (Å²) < 4.78 is 16.9. The van der Waals surface area contributed by atoms with Crippen molar-refractivity contribution in [2.75, 3.05) is 13.7 Å². The second kappa shape index (κ2) is 9.89. The highest BCUT2D eigenvalue weighted by atomic mass is 16.7. The predicted octanol–water partition coefficient (Wildman–Crippen LogP) is -0.508. The molecule has 7 atom stereocenters. The van der Waals surface area contributed by atoms with Crippen LogP contribution in [0.2, 0.25) is 0 Å². The molecule has 214 valence electrons. The molecule has 1 fully saturated rings. The van der Waals surface area contributed by atoms with Crippen LogP contribution in [0.25, 0.3) is 0 Å². The number of benzene rings is 2. The highest BCUT2D eigenvalue weighted by molar-refractivity contribution is 6.31. The minimum atomic E-state index is -2.73. The molecule has 0 aromatic heterocycles. The fourth-order valence-corrected chi connectivity index (χ4v) is 5.80. The molecule has 0 spiro atoms. The van der Waals surface area contributed by atoms with E-state index in [9.17, 15) is 45.0 Å². The quantitative estimate of drug-likeness (QED) is 0.196. The number of aromatic hydroxyl groups is 2. The summed E-state index contributed by atoms with van der Waals surface area (Å²) in [6.45, 7) is 0.352. The first-order valence-corrected chi connectivity index (χ1v) is 12.5. The molecule has 1 aliphatic heterocycles. The number of phenolic OH excluding ortho intramolecular Hbond substituents is 2. The Labute approximate surface area is 227 Å². The van der Waals surface area contributed by atoms with E-state index in [1.807, 2.05) is 0 Å². The lowest BCUT2D eigenvalue weighted by Crippen LogP contribution is -2.53.